The Labute approximate surface area is 132 Å². The molecule has 0 amide bonds. The normalized spacial score (nSPS) is 23.7. The summed E-state index contributed by atoms with van der Waals surface area (Å²) >= 11 is 6.20. The molecule has 0 bridgehead atoms. The molecule has 2 aliphatic heterocycles. The van der Waals surface area contributed by atoms with Gasteiger partial charge in [-0.25, -0.2) is 4.98 Å². The van der Waals surface area contributed by atoms with Gasteiger partial charge in [-0.3, -0.25) is 4.90 Å². The molecule has 3 heterocycles. The standard InChI is InChI=1S/C16H25ClN4/c1-18-11-15-14(17)5-6-16(19-15)21-10-7-13(12-21)20-8-3-2-4-9-20/h5-6,13,18H,2-4,7-12H2,1H3. The number of nitrogens with zero attached hydrogens (tertiary/aromatic N) is 3. The Kier molecular flexibility index (Phi) is 4.99. The van der Waals surface area contributed by atoms with Crippen molar-refractivity contribution in [1.82, 2.24) is 15.2 Å². The SMILES string of the molecule is CNCc1nc(N2CCC(N3CCCCC3)C2)ccc1Cl. The summed E-state index contributed by atoms with van der Waals surface area (Å²) in [6.45, 7) is 5.48. The van der Waals surface area contributed by atoms with Crippen LogP contribution >= 0.6 is 11.6 Å². The number of rotatable bonds is 4. The quantitative estimate of drug-likeness (QED) is 0.926. The maximum Gasteiger partial charge on any atom is 0.129 e. The van der Waals surface area contributed by atoms with E-state index >= 15 is 0 Å². The molecular weight excluding hydrogens is 284 g/mol. The van der Waals surface area contributed by atoms with Gasteiger partial charge in [-0.2, -0.15) is 0 Å². The fourth-order valence-electron chi connectivity index (χ4n) is 3.47. The van der Waals surface area contributed by atoms with Crippen LogP contribution in [0.1, 0.15) is 31.4 Å². The van der Waals surface area contributed by atoms with Crippen LogP contribution in [0.4, 0.5) is 5.82 Å². The van der Waals surface area contributed by atoms with Crippen LogP contribution in [0.3, 0.4) is 0 Å². The van der Waals surface area contributed by atoms with Gasteiger partial charge in [-0.1, -0.05) is 18.0 Å². The fraction of sp³-hybridized carbons (Fsp3) is 0.688. The average Bonchev–Trinajstić information content (AvgIpc) is 3.00. The maximum absolute atomic E-state index is 6.20. The molecule has 0 spiro atoms. The molecule has 0 saturated carbocycles. The lowest BCUT2D eigenvalue weighted by atomic mass is 10.1. The second-order valence-electron chi connectivity index (χ2n) is 6.11. The smallest absolute Gasteiger partial charge is 0.129 e. The van der Waals surface area contributed by atoms with Crippen molar-refractivity contribution in [3.8, 4) is 0 Å². The molecule has 5 heteroatoms. The summed E-state index contributed by atoms with van der Waals surface area (Å²) in [4.78, 5) is 9.82. The largest absolute Gasteiger partial charge is 0.355 e. The van der Waals surface area contributed by atoms with Crippen LogP contribution in [0.25, 0.3) is 0 Å². The molecular formula is C16H25ClN4. The van der Waals surface area contributed by atoms with Crippen molar-refractivity contribution < 1.29 is 0 Å². The van der Waals surface area contributed by atoms with Gasteiger partial charge in [-0.15, -0.1) is 0 Å². The number of anilines is 1. The second-order valence-corrected chi connectivity index (χ2v) is 6.52. The number of hydrogen-bond acceptors (Lipinski definition) is 4. The summed E-state index contributed by atoms with van der Waals surface area (Å²) in [6, 6.07) is 4.74. The summed E-state index contributed by atoms with van der Waals surface area (Å²) < 4.78 is 0. The van der Waals surface area contributed by atoms with Crippen LogP contribution < -0.4 is 10.2 Å². The van der Waals surface area contributed by atoms with E-state index in [1.54, 1.807) is 0 Å². The molecule has 1 aromatic rings. The van der Waals surface area contributed by atoms with Gasteiger partial charge in [0.15, 0.2) is 0 Å². The number of pyridine rings is 1. The Morgan fingerprint density at radius 1 is 1.24 bits per heavy atom. The zero-order chi connectivity index (χ0) is 14.7. The number of likely N-dealkylation sites (tertiary alicyclic amines) is 1. The van der Waals surface area contributed by atoms with Gasteiger partial charge in [0, 0.05) is 25.7 Å². The Bertz CT molecular complexity index is 473. The Morgan fingerprint density at radius 3 is 2.81 bits per heavy atom. The van der Waals surface area contributed by atoms with E-state index in [0.717, 1.165) is 36.2 Å². The predicted molar refractivity (Wildman–Crippen MR) is 88.1 cm³/mol. The molecule has 0 radical (unpaired) electrons. The molecule has 3 rings (SSSR count). The van der Waals surface area contributed by atoms with E-state index in [1.165, 1.54) is 38.8 Å². The topological polar surface area (TPSA) is 31.4 Å². The molecule has 1 aromatic heterocycles. The minimum Gasteiger partial charge on any atom is -0.355 e. The molecule has 1 atom stereocenters. The highest BCUT2D eigenvalue weighted by Crippen LogP contribution is 2.26. The number of halogens is 1. The van der Waals surface area contributed by atoms with Crippen LogP contribution in [0, 0.1) is 0 Å². The van der Waals surface area contributed by atoms with Crippen molar-refractivity contribution in [1.29, 1.82) is 0 Å². The van der Waals surface area contributed by atoms with E-state index in [9.17, 15) is 0 Å². The van der Waals surface area contributed by atoms with Gasteiger partial charge in [0.25, 0.3) is 0 Å². The van der Waals surface area contributed by atoms with Crippen molar-refractivity contribution in [3.05, 3.63) is 22.8 Å². The van der Waals surface area contributed by atoms with Gasteiger partial charge in [0.2, 0.25) is 0 Å². The van der Waals surface area contributed by atoms with Gasteiger partial charge >= 0.3 is 0 Å². The third-order valence-corrected chi connectivity index (χ3v) is 4.99. The van der Waals surface area contributed by atoms with Crippen LogP contribution in [0.15, 0.2) is 12.1 Å². The number of nitrogens with one attached hydrogen (secondary N) is 1. The summed E-state index contributed by atoms with van der Waals surface area (Å²) in [5.41, 5.74) is 0.943. The van der Waals surface area contributed by atoms with Crippen molar-refractivity contribution in [2.24, 2.45) is 0 Å². The molecule has 1 N–H and O–H groups in total. The van der Waals surface area contributed by atoms with Crippen molar-refractivity contribution in [3.63, 3.8) is 0 Å². The summed E-state index contributed by atoms with van der Waals surface area (Å²) in [7, 11) is 1.92. The third-order valence-electron chi connectivity index (χ3n) is 4.64. The monoisotopic (exact) mass is 308 g/mol. The van der Waals surface area contributed by atoms with E-state index in [4.69, 9.17) is 16.6 Å². The zero-order valence-corrected chi connectivity index (χ0v) is 13.6. The van der Waals surface area contributed by atoms with Crippen molar-refractivity contribution in [2.75, 3.05) is 38.1 Å². The lowest BCUT2D eigenvalue weighted by Gasteiger charge is -2.32. The first kappa shape index (κ1) is 15.1. The fourth-order valence-corrected chi connectivity index (χ4v) is 3.64. The first-order valence-corrected chi connectivity index (χ1v) is 8.45. The number of hydrogen-bond donors (Lipinski definition) is 1. The molecule has 2 aliphatic rings. The second kappa shape index (κ2) is 6.95. The highest BCUT2D eigenvalue weighted by atomic mass is 35.5. The van der Waals surface area contributed by atoms with E-state index in [2.05, 4.69) is 21.2 Å². The lowest BCUT2D eigenvalue weighted by molar-refractivity contribution is 0.175. The van der Waals surface area contributed by atoms with Gasteiger partial charge in [-0.05, 0) is 51.5 Å². The molecule has 21 heavy (non-hydrogen) atoms. The predicted octanol–water partition coefficient (Wildman–Crippen LogP) is 2.52. The summed E-state index contributed by atoms with van der Waals surface area (Å²) in [6.07, 6.45) is 5.38. The Morgan fingerprint density at radius 2 is 2.05 bits per heavy atom. The molecule has 0 aliphatic carbocycles. The molecule has 1 unspecified atom stereocenters. The van der Waals surface area contributed by atoms with Gasteiger partial charge in [0.05, 0.1) is 10.7 Å². The summed E-state index contributed by atoms with van der Waals surface area (Å²) in [5, 5.41) is 3.88. The van der Waals surface area contributed by atoms with Crippen LogP contribution in [-0.2, 0) is 6.54 Å². The van der Waals surface area contributed by atoms with Crippen molar-refractivity contribution in [2.45, 2.75) is 38.3 Å². The van der Waals surface area contributed by atoms with E-state index in [-0.39, 0.29) is 0 Å². The zero-order valence-electron chi connectivity index (χ0n) is 12.8. The first-order valence-electron chi connectivity index (χ1n) is 8.07. The Balaban J connectivity index is 1.66. The molecule has 2 fully saturated rings. The van der Waals surface area contributed by atoms with Crippen LogP contribution in [0.2, 0.25) is 5.02 Å². The molecule has 2 saturated heterocycles. The number of piperidine rings is 1. The average molecular weight is 309 g/mol. The maximum atomic E-state index is 6.20. The van der Waals surface area contributed by atoms with E-state index in [1.807, 2.05) is 13.1 Å². The molecule has 4 nitrogen and oxygen atoms in total. The molecule has 116 valence electrons. The minimum absolute atomic E-state index is 0.704. The summed E-state index contributed by atoms with van der Waals surface area (Å²) in [5.74, 6) is 1.07. The highest BCUT2D eigenvalue weighted by molar-refractivity contribution is 6.31. The van der Waals surface area contributed by atoms with E-state index in [0.29, 0.717) is 6.04 Å². The molecule has 0 aromatic carbocycles. The minimum atomic E-state index is 0.704. The van der Waals surface area contributed by atoms with Gasteiger partial charge in [0.1, 0.15) is 5.82 Å². The van der Waals surface area contributed by atoms with Crippen LogP contribution in [0.5, 0.6) is 0 Å². The third kappa shape index (κ3) is 3.50. The van der Waals surface area contributed by atoms with Crippen LogP contribution in [-0.4, -0.2) is 49.2 Å². The van der Waals surface area contributed by atoms with E-state index < -0.39 is 0 Å². The van der Waals surface area contributed by atoms with Crippen molar-refractivity contribution >= 4 is 17.4 Å². The Hall–Kier alpha value is -0.840. The highest BCUT2D eigenvalue weighted by Gasteiger charge is 2.29. The first-order chi connectivity index (χ1) is 10.3. The van der Waals surface area contributed by atoms with Gasteiger partial charge < -0.3 is 10.2 Å². The number of aromatic nitrogens is 1. The lowest BCUT2D eigenvalue weighted by Crippen LogP contribution is -2.41.